The van der Waals surface area contributed by atoms with Crippen molar-refractivity contribution >= 4 is 27.3 Å². The van der Waals surface area contributed by atoms with Crippen LogP contribution in [0.15, 0.2) is 18.2 Å². The highest BCUT2D eigenvalue weighted by molar-refractivity contribution is 7.92. The average Bonchev–Trinajstić information content (AvgIpc) is 2.23. The first-order chi connectivity index (χ1) is 7.94. The number of halogens is 1. The Morgan fingerprint density at radius 3 is 2.65 bits per heavy atom. The fraction of sp³-hybridized carbons (Fsp3) is 0.455. The summed E-state index contributed by atoms with van der Waals surface area (Å²) in [5.41, 5.74) is 1.36. The van der Waals surface area contributed by atoms with Crippen LogP contribution in [0.1, 0.15) is 18.4 Å². The molecule has 4 nitrogen and oxygen atoms in total. The summed E-state index contributed by atoms with van der Waals surface area (Å²) in [6.45, 7) is 1.85. The minimum absolute atomic E-state index is 0.000937. The fourth-order valence-corrected chi connectivity index (χ4v) is 2.64. The summed E-state index contributed by atoms with van der Waals surface area (Å²) in [6.07, 6.45) is 0.918. The van der Waals surface area contributed by atoms with Crippen molar-refractivity contribution in [1.29, 1.82) is 0 Å². The molecule has 0 aliphatic rings. The van der Waals surface area contributed by atoms with Crippen molar-refractivity contribution in [3.8, 4) is 0 Å². The van der Waals surface area contributed by atoms with E-state index in [0.29, 0.717) is 23.6 Å². The van der Waals surface area contributed by atoms with Crippen molar-refractivity contribution in [1.82, 2.24) is 0 Å². The molecule has 96 valence electrons. The van der Waals surface area contributed by atoms with Gasteiger partial charge in [0.05, 0.1) is 5.75 Å². The van der Waals surface area contributed by atoms with Crippen molar-refractivity contribution in [3.63, 3.8) is 0 Å². The third-order valence-electron chi connectivity index (χ3n) is 2.27. The monoisotopic (exact) mass is 277 g/mol. The highest BCUT2D eigenvalue weighted by atomic mass is 35.5. The molecule has 1 rings (SSSR count). The number of rotatable bonds is 6. The quantitative estimate of drug-likeness (QED) is 0.783. The van der Waals surface area contributed by atoms with Crippen molar-refractivity contribution in [2.45, 2.75) is 19.8 Å². The van der Waals surface area contributed by atoms with E-state index in [2.05, 4.69) is 4.72 Å². The van der Waals surface area contributed by atoms with E-state index in [4.69, 9.17) is 16.7 Å². The second kappa shape index (κ2) is 6.23. The molecule has 17 heavy (non-hydrogen) atoms. The number of nitrogens with one attached hydrogen (secondary N) is 1. The van der Waals surface area contributed by atoms with Gasteiger partial charge in [0.2, 0.25) is 10.0 Å². The molecule has 0 aliphatic heterocycles. The minimum atomic E-state index is -3.36. The zero-order chi connectivity index (χ0) is 12.9. The van der Waals surface area contributed by atoms with Gasteiger partial charge in [0.15, 0.2) is 0 Å². The number of aliphatic hydroxyl groups is 1. The molecule has 0 saturated carbocycles. The van der Waals surface area contributed by atoms with Gasteiger partial charge >= 0.3 is 0 Å². The summed E-state index contributed by atoms with van der Waals surface area (Å²) in [7, 11) is -3.36. The Bertz CT molecular complexity index is 474. The maximum atomic E-state index is 11.6. The molecule has 0 aliphatic carbocycles. The van der Waals surface area contributed by atoms with Crippen molar-refractivity contribution in [3.05, 3.63) is 28.8 Å². The smallest absolute Gasteiger partial charge is 0.232 e. The number of anilines is 1. The Hall–Kier alpha value is -0.780. The second-order valence-corrected chi connectivity index (χ2v) is 6.06. The third-order valence-corrected chi connectivity index (χ3v) is 4.05. The number of hydrogen-bond acceptors (Lipinski definition) is 3. The van der Waals surface area contributed by atoms with Crippen LogP contribution in [0.5, 0.6) is 0 Å². The maximum Gasteiger partial charge on any atom is 0.232 e. The van der Waals surface area contributed by atoms with E-state index in [9.17, 15) is 8.42 Å². The summed E-state index contributed by atoms with van der Waals surface area (Å²) in [6, 6.07) is 5.01. The van der Waals surface area contributed by atoms with Gasteiger partial charge in [-0.3, -0.25) is 4.72 Å². The first-order valence-corrected chi connectivity index (χ1v) is 7.35. The zero-order valence-corrected chi connectivity index (χ0v) is 11.2. The highest BCUT2D eigenvalue weighted by Gasteiger charge is 2.10. The Morgan fingerprint density at radius 1 is 1.35 bits per heavy atom. The van der Waals surface area contributed by atoms with E-state index >= 15 is 0 Å². The molecule has 0 aromatic heterocycles. The predicted molar refractivity (Wildman–Crippen MR) is 69.9 cm³/mol. The van der Waals surface area contributed by atoms with E-state index in [0.717, 1.165) is 5.56 Å². The van der Waals surface area contributed by atoms with Gasteiger partial charge in [-0.15, -0.1) is 0 Å². The van der Waals surface area contributed by atoms with Crippen LogP contribution in [-0.2, 0) is 10.0 Å². The summed E-state index contributed by atoms with van der Waals surface area (Å²) in [5.74, 6) is -0.000937. The van der Waals surface area contributed by atoms with Gasteiger partial charge in [0.1, 0.15) is 0 Å². The van der Waals surface area contributed by atoms with Gasteiger partial charge in [-0.05, 0) is 37.5 Å². The van der Waals surface area contributed by atoms with Gasteiger partial charge in [0, 0.05) is 17.3 Å². The molecule has 1 aromatic carbocycles. The highest BCUT2D eigenvalue weighted by Crippen LogP contribution is 2.20. The van der Waals surface area contributed by atoms with Crippen molar-refractivity contribution < 1.29 is 13.5 Å². The third kappa shape index (κ3) is 4.93. The lowest BCUT2D eigenvalue weighted by molar-refractivity contribution is 0.287. The lowest BCUT2D eigenvalue weighted by Crippen LogP contribution is -2.16. The van der Waals surface area contributed by atoms with E-state index in [-0.39, 0.29) is 12.4 Å². The molecule has 0 spiro atoms. The fourth-order valence-electron chi connectivity index (χ4n) is 1.29. The standard InChI is InChI=1S/C11H16ClNO3S/c1-9-4-5-10(8-11(9)12)13-17(15,16)7-3-2-6-14/h4-5,8,13-14H,2-3,6-7H2,1H3. The molecule has 0 heterocycles. The zero-order valence-electron chi connectivity index (χ0n) is 9.61. The van der Waals surface area contributed by atoms with Crippen LogP contribution in [-0.4, -0.2) is 25.9 Å². The van der Waals surface area contributed by atoms with Crippen LogP contribution in [0, 0.1) is 6.92 Å². The number of hydrogen-bond donors (Lipinski definition) is 2. The Labute approximate surface area is 107 Å². The second-order valence-electron chi connectivity index (χ2n) is 3.82. The van der Waals surface area contributed by atoms with Gasteiger partial charge in [-0.25, -0.2) is 8.42 Å². The first kappa shape index (κ1) is 14.3. The first-order valence-electron chi connectivity index (χ1n) is 5.32. The Morgan fingerprint density at radius 2 is 2.06 bits per heavy atom. The Balaban J connectivity index is 2.66. The molecule has 6 heteroatoms. The molecule has 0 radical (unpaired) electrons. The average molecular weight is 278 g/mol. The number of benzene rings is 1. The van der Waals surface area contributed by atoms with E-state index < -0.39 is 10.0 Å². The largest absolute Gasteiger partial charge is 0.396 e. The molecule has 0 fully saturated rings. The van der Waals surface area contributed by atoms with Crippen LogP contribution in [0.4, 0.5) is 5.69 Å². The topological polar surface area (TPSA) is 66.4 Å². The maximum absolute atomic E-state index is 11.6. The molecule has 0 amide bonds. The molecule has 0 atom stereocenters. The van der Waals surface area contributed by atoms with E-state index in [1.54, 1.807) is 18.2 Å². The lowest BCUT2D eigenvalue weighted by Gasteiger charge is -2.08. The summed E-state index contributed by atoms with van der Waals surface area (Å²) < 4.78 is 25.7. The van der Waals surface area contributed by atoms with Crippen LogP contribution in [0.25, 0.3) is 0 Å². The molecule has 2 N–H and O–H groups in total. The predicted octanol–water partition coefficient (Wildman–Crippen LogP) is 2.16. The molecule has 0 saturated heterocycles. The van der Waals surface area contributed by atoms with Crippen molar-refractivity contribution in [2.75, 3.05) is 17.1 Å². The van der Waals surface area contributed by atoms with Gasteiger partial charge in [-0.2, -0.15) is 0 Å². The Kier molecular flexibility index (Phi) is 5.24. The van der Waals surface area contributed by atoms with Gasteiger partial charge in [0.25, 0.3) is 0 Å². The minimum Gasteiger partial charge on any atom is -0.396 e. The molecule has 1 aromatic rings. The normalized spacial score (nSPS) is 11.5. The van der Waals surface area contributed by atoms with E-state index in [1.807, 2.05) is 6.92 Å². The molecular weight excluding hydrogens is 262 g/mol. The molecular formula is C11H16ClNO3S. The van der Waals surface area contributed by atoms with Gasteiger partial charge < -0.3 is 5.11 Å². The number of unbranched alkanes of at least 4 members (excludes halogenated alkanes) is 1. The summed E-state index contributed by atoms with van der Waals surface area (Å²) in [5, 5.41) is 9.12. The van der Waals surface area contributed by atoms with Crippen LogP contribution in [0.2, 0.25) is 5.02 Å². The van der Waals surface area contributed by atoms with E-state index in [1.165, 1.54) is 0 Å². The van der Waals surface area contributed by atoms with Gasteiger partial charge in [-0.1, -0.05) is 17.7 Å². The van der Waals surface area contributed by atoms with Crippen molar-refractivity contribution in [2.24, 2.45) is 0 Å². The molecule has 0 unspecified atom stereocenters. The van der Waals surface area contributed by atoms with Crippen LogP contribution >= 0.6 is 11.6 Å². The lowest BCUT2D eigenvalue weighted by atomic mass is 10.2. The van der Waals surface area contributed by atoms with Crippen LogP contribution < -0.4 is 4.72 Å². The number of aliphatic hydroxyl groups excluding tert-OH is 1. The summed E-state index contributed by atoms with van der Waals surface area (Å²) in [4.78, 5) is 0. The summed E-state index contributed by atoms with van der Waals surface area (Å²) >= 11 is 5.90. The number of aryl methyl sites for hydroxylation is 1. The van der Waals surface area contributed by atoms with Crippen LogP contribution in [0.3, 0.4) is 0 Å². The molecule has 0 bridgehead atoms. The SMILES string of the molecule is Cc1ccc(NS(=O)(=O)CCCCO)cc1Cl. The number of sulfonamides is 1.